The third-order valence-corrected chi connectivity index (χ3v) is 7.80. The third kappa shape index (κ3) is 7.74. The summed E-state index contributed by atoms with van der Waals surface area (Å²) >= 11 is 0. The number of sulfonamides is 1. The van der Waals surface area contributed by atoms with Crippen molar-refractivity contribution in [2.45, 2.75) is 65.6 Å². The molecule has 4 rings (SSSR count). The molecule has 0 radical (unpaired) electrons. The number of Topliss-reactive ketones (excluding diaryl/α,β-unsaturated/α-hetero) is 1. The van der Waals surface area contributed by atoms with Crippen molar-refractivity contribution in [1.82, 2.24) is 0 Å². The van der Waals surface area contributed by atoms with Crippen molar-refractivity contribution in [2.24, 2.45) is 0 Å². The molecule has 43 heavy (non-hydrogen) atoms. The first kappa shape index (κ1) is 32.0. The lowest BCUT2D eigenvalue weighted by atomic mass is 9.82. The fourth-order valence-corrected chi connectivity index (χ4v) is 6.12. The van der Waals surface area contributed by atoms with Crippen LogP contribution in [-0.4, -0.2) is 50.3 Å². The Morgan fingerprint density at radius 3 is 2.42 bits per heavy atom. The summed E-state index contributed by atoms with van der Waals surface area (Å²) in [6.07, 6.45) is 0.973. The summed E-state index contributed by atoms with van der Waals surface area (Å²) in [4.78, 5) is 26.7. The van der Waals surface area contributed by atoms with Crippen molar-refractivity contribution >= 4 is 33.2 Å². The smallest absolute Gasteiger partial charge is 0.337 e. The maximum absolute atomic E-state index is 14.0. The highest BCUT2D eigenvalue weighted by Crippen LogP contribution is 2.45. The van der Waals surface area contributed by atoms with Crippen LogP contribution >= 0.6 is 0 Å². The number of hydrogen-bond acceptors (Lipinski definition) is 7. The van der Waals surface area contributed by atoms with Crippen LogP contribution in [0.3, 0.4) is 0 Å². The van der Waals surface area contributed by atoms with Crippen LogP contribution < -0.4 is 14.8 Å². The lowest BCUT2D eigenvalue weighted by Gasteiger charge is -2.31. The quantitative estimate of drug-likeness (QED) is 0.217. The standard InChI is InChI=1S/C33H40N2O7S/c1-20-27(23-15-16-26-24(19-23)34-17-18-41-26)29(31(32(37)38)42-33(3,4)5)21(2)30(35-43(6,39)40)28(20)25(36)14-10-13-22-11-8-7-9-12-22/h7-9,11-12,15-16,19,31,34-35H,10,13-14,17-18H2,1-6H3,(H,37,38). The highest BCUT2D eigenvalue weighted by molar-refractivity contribution is 7.92. The Morgan fingerprint density at radius 2 is 1.79 bits per heavy atom. The highest BCUT2D eigenvalue weighted by Gasteiger charge is 2.35. The predicted molar refractivity (Wildman–Crippen MR) is 169 cm³/mol. The number of ketones is 1. The number of carboxylic acids is 1. The molecule has 1 atom stereocenters. The molecule has 0 bridgehead atoms. The Labute approximate surface area is 253 Å². The minimum Gasteiger partial charge on any atom is -0.490 e. The number of carboxylic acid groups (broad SMARTS) is 1. The van der Waals surface area contributed by atoms with Crippen LogP contribution in [0.25, 0.3) is 11.1 Å². The Hall–Kier alpha value is -3.89. The van der Waals surface area contributed by atoms with Crippen LogP contribution in [0.1, 0.15) is 72.3 Å². The number of hydrogen-bond donors (Lipinski definition) is 3. The first-order valence-corrected chi connectivity index (χ1v) is 16.2. The van der Waals surface area contributed by atoms with Crippen LogP contribution in [0.15, 0.2) is 48.5 Å². The minimum absolute atomic E-state index is 0.0756. The number of ether oxygens (including phenoxy) is 2. The SMILES string of the molecule is Cc1c(C(=O)CCCc2ccccc2)c(NS(C)(=O)=O)c(C)c(C(OC(C)(C)C)C(=O)O)c1-c1ccc2c(c1)NCCO2. The molecule has 1 aliphatic rings. The molecule has 1 heterocycles. The van der Waals surface area contributed by atoms with E-state index in [1.165, 1.54) is 0 Å². The third-order valence-electron chi connectivity index (χ3n) is 7.23. The van der Waals surface area contributed by atoms with Gasteiger partial charge in [0.2, 0.25) is 10.0 Å². The van der Waals surface area contributed by atoms with Gasteiger partial charge in [0.15, 0.2) is 11.9 Å². The molecule has 0 aliphatic carbocycles. The van der Waals surface area contributed by atoms with E-state index < -0.39 is 27.7 Å². The van der Waals surface area contributed by atoms with Gasteiger partial charge >= 0.3 is 5.97 Å². The van der Waals surface area contributed by atoms with Gasteiger partial charge in [-0.15, -0.1) is 0 Å². The number of carbonyl (C=O) groups excluding carboxylic acids is 1. The molecule has 0 fully saturated rings. The number of aryl methyl sites for hydroxylation is 1. The largest absolute Gasteiger partial charge is 0.490 e. The number of fused-ring (bicyclic) bond motifs is 1. The van der Waals surface area contributed by atoms with Gasteiger partial charge in [-0.1, -0.05) is 36.4 Å². The zero-order valence-corrected chi connectivity index (χ0v) is 26.4. The Kier molecular flexibility index (Phi) is 9.51. The Morgan fingerprint density at radius 1 is 1.09 bits per heavy atom. The summed E-state index contributed by atoms with van der Waals surface area (Å²) in [7, 11) is -3.84. The molecule has 3 N–H and O–H groups in total. The summed E-state index contributed by atoms with van der Waals surface area (Å²) in [5.41, 5.74) is 3.52. The van der Waals surface area contributed by atoms with E-state index in [4.69, 9.17) is 9.47 Å². The molecule has 3 aromatic rings. The second-order valence-electron chi connectivity index (χ2n) is 11.9. The monoisotopic (exact) mass is 608 g/mol. The molecular formula is C33H40N2O7S. The lowest BCUT2D eigenvalue weighted by molar-refractivity contribution is -0.160. The number of benzene rings is 3. The highest BCUT2D eigenvalue weighted by atomic mass is 32.2. The predicted octanol–water partition coefficient (Wildman–Crippen LogP) is 6.29. The van der Waals surface area contributed by atoms with E-state index in [2.05, 4.69) is 10.0 Å². The number of rotatable bonds is 11. The van der Waals surface area contributed by atoms with Gasteiger partial charge in [-0.3, -0.25) is 9.52 Å². The van der Waals surface area contributed by atoms with E-state index in [0.717, 1.165) is 17.5 Å². The molecule has 0 saturated carbocycles. The van der Waals surface area contributed by atoms with Gasteiger partial charge in [0.05, 0.1) is 23.2 Å². The average molecular weight is 609 g/mol. The van der Waals surface area contributed by atoms with Gasteiger partial charge in [-0.05, 0) is 87.4 Å². The lowest BCUT2D eigenvalue weighted by Crippen LogP contribution is -2.29. The van der Waals surface area contributed by atoms with Crippen molar-refractivity contribution in [3.05, 3.63) is 76.3 Å². The van der Waals surface area contributed by atoms with Gasteiger partial charge < -0.3 is 19.9 Å². The molecule has 3 aromatic carbocycles. The van der Waals surface area contributed by atoms with E-state index in [0.29, 0.717) is 54.0 Å². The first-order chi connectivity index (χ1) is 20.2. The molecule has 0 amide bonds. The molecule has 230 valence electrons. The van der Waals surface area contributed by atoms with Crippen LogP contribution in [0.4, 0.5) is 11.4 Å². The summed E-state index contributed by atoms with van der Waals surface area (Å²) in [6.45, 7) is 9.75. The molecule has 1 unspecified atom stereocenters. The van der Waals surface area contributed by atoms with Crippen LogP contribution in [0.5, 0.6) is 5.75 Å². The fraction of sp³-hybridized carbons (Fsp3) is 0.394. The van der Waals surface area contributed by atoms with E-state index in [9.17, 15) is 23.1 Å². The number of nitrogens with one attached hydrogen (secondary N) is 2. The normalized spacial score (nSPS) is 13.8. The minimum atomic E-state index is -3.84. The van der Waals surface area contributed by atoms with E-state index in [1.54, 1.807) is 40.7 Å². The molecule has 9 nitrogen and oxygen atoms in total. The summed E-state index contributed by atoms with van der Waals surface area (Å²) in [6, 6.07) is 15.3. The Bertz CT molecular complexity index is 1630. The molecular weight excluding hydrogens is 568 g/mol. The van der Waals surface area contributed by atoms with Gasteiger partial charge in [-0.25, -0.2) is 13.2 Å². The van der Waals surface area contributed by atoms with Gasteiger partial charge in [0, 0.05) is 24.1 Å². The fourth-order valence-electron chi connectivity index (χ4n) is 5.49. The molecule has 1 aliphatic heterocycles. The van der Waals surface area contributed by atoms with Crippen LogP contribution in [-0.2, 0) is 26.0 Å². The van der Waals surface area contributed by atoms with Crippen molar-refractivity contribution in [3.63, 3.8) is 0 Å². The zero-order valence-electron chi connectivity index (χ0n) is 25.5. The molecule has 10 heteroatoms. The van der Waals surface area contributed by atoms with Crippen molar-refractivity contribution in [3.8, 4) is 16.9 Å². The maximum atomic E-state index is 14.0. The Balaban J connectivity index is 1.96. The second-order valence-corrected chi connectivity index (χ2v) is 13.6. The van der Waals surface area contributed by atoms with Gasteiger partial charge in [-0.2, -0.15) is 0 Å². The molecule has 0 saturated heterocycles. The molecule has 0 aromatic heterocycles. The summed E-state index contributed by atoms with van der Waals surface area (Å²) < 4.78 is 39.6. The van der Waals surface area contributed by atoms with E-state index in [-0.39, 0.29) is 29.0 Å². The molecule has 0 spiro atoms. The maximum Gasteiger partial charge on any atom is 0.337 e. The van der Waals surface area contributed by atoms with Crippen LogP contribution in [0.2, 0.25) is 0 Å². The average Bonchev–Trinajstić information content (AvgIpc) is 2.92. The van der Waals surface area contributed by atoms with Crippen molar-refractivity contribution in [2.75, 3.05) is 29.4 Å². The number of aliphatic carboxylic acids is 1. The summed E-state index contributed by atoms with van der Waals surface area (Å²) in [5.74, 6) is -0.803. The number of carbonyl (C=O) groups is 2. The topological polar surface area (TPSA) is 131 Å². The summed E-state index contributed by atoms with van der Waals surface area (Å²) in [5, 5.41) is 13.7. The zero-order chi connectivity index (χ0) is 31.5. The number of anilines is 2. The van der Waals surface area contributed by atoms with Gasteiger partial charge in [0.1, 0.15) is 12.4 Å². The van der Waals surface area contributed by atoms with Crippen LogP contribution in [0, 0.1) is 13.8 Å². The first-order valence-electron chi connectivity index (χ1n) is 14.3. The second kappa shape index (κ2) is 12.8. The van der Waals surface area contributed by atoms with Gasteiger partial charge in [0.25, 0.3) is 0 Å². The van der Waals surface area contributed by atoms with Crippen molar-refractivity contribution in [1.29, 1.82) is 0 Å². The van der Waals surface area contributed by atoms with E-state index in [1.807, 2.05) is 42.5 Å². The van der Waals surface area contributed by atoms with E-state index >= 15 is 0 Å². The van der Waals surface area contributed by atoms with Crippen molar-refractivity contribution < 1.29 is 32.6 Å².